The maximum atomic E-state index is 11.4. The first kappa shape index (κ1) is 8.74. The monoisotopic (exact) mass is 191 g/mol. The van der Waals surface area contributed by atoms with Crippen LogP contribution in [0.1, 0.15) is 32.7 Å². The van der Waals surface area contributed by atoms with Crippen LogP contribution < -0.4 is 5.73 Å². The third-order valence-corrected chi connectivity index (χ3v) is 2.44. The number of carboxylic acid groups (broad SMARTS) is 1. The Balaban J connectivity index is 2.74. The summed E-state index contributed by atoms with van der Waals surface area (Å²) in [6.45, 7) is 0. The van der Waals surface area contributed by atoms with E-state index < -0.39 is 5.97 Å². The van der Waals surface area contributed by atoms with E-state index in [1.807, 2.05) is 0 Å². The van der Waals surface area contributed by atoms with Crippen LogP contribution in [-0.2, 0) is 6.42 Å². The number of ketones is 1. The van der Waals surface area contributed by atoms with Gasteiger partial charge in [0.1, 0.15) is 0 Å². The van der Waals surface area contributed by atoms with Gasteiger partial charge in [0, 0.05) is 17.7 Å². The number of carbonyl (C=O) groups excluding carboxylic acids is 1. The van der Waals surface area contributed by atoms with E-state index in [1.165, 1.54) is 0 Å². The first-order chi connectivity index (χ1) is 6.61. The average molecular weight is 191 g/mol. The summed E-state index contributed by atoms with van der Waals surface area (Å²) < 4.78 is 0. The van der Waals surface area contributed by atoms with Crippen molar-refractivity contribution in [3.63, 3.8) is 0 Å². The summed E-state index contributed by atoms with van der Waals surface area (Å²) >= 11 is 0. The van der Waals surface area contributed by atoms with Crippen LogP contribution in [0.4, 0.5) is 5.69 Å². The molecule has 0 unspecified atom stereocenters. The first-order valence-corrected chi connectivity index (χ1v) is 4.29. The van der Waals surface area contributed by atoms with Gasteiger partial charge in [-0.2, -0.15) is 0 Å². The smallest absolute Gasteiger partial charge is 0.338 e. The lowest BCUT2D eigenvalue weighted by molar-refractivity contribution is 0.0693. The number of benzene rings is 1. The van der Waals surface area contributed by atoms with E-state index in [2.05, 4.69) is 0 Å². The van der Waals surface area contributed by atoms with Gasteiger partial charge in [-0.1, -0.05) is 6.07 Å². The Morgan fingerprint density at radius 1 is 1.36 bits per heavy atom. The van der Waals surface area contributed by atoms with E-state index in [1.54, 1.807) is 12.1 Å². The Bertz CT molecular complexity index is 437. The lowest BCUT2D eigenvalue weighted by Crippen LogP contribution is -2.09. The van der Waals surface area contributed by atoms with E-state index >= 15 is 0 Å². The molecule has 0 saturated carbocycles. The fraction of sp³-hybridized carbons (Fsp3) is 0.200. The molecule has 4 nitrogen and oxygen atoms in total. The minimum Gasteiger partial charge on any atom is -0.478 e. The minimum atomic E-state index is -1.13. The summed E-state index contributed by atoms with van der Waals surface area (Å²) in [6.07, 6.45) is 1.01. The summed E-state index contributed by atoms with van der Waals surface area (Å²) in [5.41, 5.74) is 6.74. The quantitative estimate of drug-likeness (QED) is 0.651. The van der Waals surface area contributed by atoms with Gasteiger partial charge >= 0.3 is 5.97 Å². The molecule has 0 aromatic heterocycles. The van der Waals surface area contributed by atoms with E-state index in [-0.39, 0.29) is 17.0 Å². The first-order valence-electron chi connectivity index (χ1n) is 4.29. The molecule has 0 bridgehead atoms. The fourth-order valence-electron chi connectivity index (χ4n) is 1.79. The zero-order valence-corrected chi connectivity index (χ0v) is 7.41. The van der Waals surface area contributed by atoms with E-state index in [0.29, 0.717) is 18.4 Å². The number of Topliss-reactive ketones (excluding diaryl/α,β-unsaturated/α-hetero) is 1. The molecule has 72 valence electrons. The molecule has 0 aliphatic heterocycles. The van der Waals surface area contributed by atoms with Crippen molar-refractivity contribution in [3.8, 4) is 0 Å². The molecule has 1 aromatic carbocycles. The van der Waals surface area contributed by atoms with Crippen LogP contribution in [0.2, 0.25) is 0 Å². The highest BCUT2D eigenvalue weighted by Crippen LogP contribution is 2.29. The summed E-state index contributed by atoms with van der Waals surface area (Å²) in [6, 6.07) is 3.27. The van der Waals surface area contributed by atoms with Crippen LogP contribution in [0.25, 0.3) is 0 Å². The second-order valence-corrected chi connectivity index (χ2v) is 3.29. The van der Waals surface area contributed by atoms with Crippen LogP contribution >= 0.6 is 0 Å². The van der Waals surface area contributed by atoms with Crippen molar-refractivity contribution in [2.75, 3.05) is 5.73 Å². The van der Waals surface area contributed by atoms with Crippen molar-refractivity contribution < 1.29 is 14.7 Å². The molecule has 3 N–H and O–H groups in total. The lowest BCUT2D eigenvalue weighted by Gasteiger charge is -2.05. The number of nitrogens with two attached hydrogens (primary N) is 1. The molecule has 4 heteroatoms. The van der Waals surface area contributed by atoms with Crippen LogP contribution in [0.3, 0.4) is 0 Å². The van der Waals surface area contributed by atoms with Crippen molar-refractivity contribution in [1.82, 2.24) is 0 Å². The number of hydrogen-bond acceptors (Lipinski definition) is 3. The Kier molecular flexibility index (Phi) is 1.77. The predicted octanol–water partition coefficient (Wildman–Crippen LogP) is 1.10. The van der Waals surface area contributed by atoms with Crippen molar-refractivity contribution in [2.24, 2.45) is 0 Å². The normalized spacial score (nSPS) is 14.1. The highest BCUT2D eigenvalue weighted by molar-refractivity contribution is 6.11. The van der Waals surface area contributed by atoms with Gasteiger partial charge in [0.25, 0.3) is 0 Å². The van der Waals surface area contributed by atoms with E-state index in [4.69, 9.17) is 10.8 Å². The molecule has 1 aliphatic carbocycles. The number of nitrogen functional groups attached to an aromatic ring is 1. The van der Waals surface area contributed by atoms with Crippen LogP contribution in [0, 0.1) is 0 Å². The topological polar surface area (TPSA) is 80.4 Å². The third-order valence-electron chi connectivity index (χ3n) is 2.44. The number of anilines is 1. The fourth-order valence-corrected chi connectivity index (χ4v) is 1.79. The zero-order valence-electron chi connectivity index (χ0n) is 7.41. The molecule has 0 radical (unpaired) electrons. The molecule has 1 aromatic rings. The molecule has 2 rings (SSSR count). The largest absolute Gasteiger partial charge is 0.478 e. The molecule has 14 heavy (non-hydrogen) atoms. The Labute approximate surface area is 80.3 Å². The van der Waals surface area contributed by atoms with Gasteiger partial charge in [0.2, 0.25) is 0 Å². The van der Waals surface area contributed by atoms with Crippen LogP contribution in [0.15, 0.2) is 12.1 Å². The maximum Gasteiger partial charge on any atom is 0.338 e. The molecular formula is C10H9NO3. The maximum absolute atomic E-state index is 11.4. The SMILES string of the molecule is Nc1ccc2c(c1C(=O)O)C(=O)CC2. The molecule has 0 atom stereocenters. The number of aryl methyl sites for hydroxylation is 1. The average Bonchev–Trinajstić information content (AvgIpc) is 2.47. The zero-order chi connectivity index (χ0) is 10.3. The van der Waals surface area contributed by atoms with Crippen molar-refractivity contribution in [2.45, 2.75) is 12.8 Å². The Morgan fingerprint density at radius 2 is 2.07 bits per heavy atom. The number of fused-ring (bicyclic) bond motifs is 1. The van der Waals surface area contributed by atoms with Crippen LogP contribution in [0.5, 0.6) is 0 Å². The lowest BCUT2D eigenvalue weighted by atomic mass is 10.0. The van der Waals surface area contributed by atoms with Gasteiger partial charge in [-0.15, -0.1) is 0 Å². The number of hydrogen-bond donors (Lipinski definition) is 2. The van der Waals surface area contributed by atoms with Gasteiger partial charge in [-0.05, 0) is 18.1 Å². The van der Waals surface area contributed by atoms with Crippen LogP contribution in [-0.4, -0.2) is 16.9 Å². The molecule has 1 aliphatic rings. The number of carboxylic acids is 1. The standard InChI is InChI=1S/C10H9NO3/c11-6-3-1-5-2-4-7(12)8(5)9(6)10(13)14/h1,3H,2,4,11H2,(H,13,14). The Hall–Kier alpha value is -1.84. The van der Waals surface area contributed by atoms with E-state index in [0.717, 1.165) is 5.56 Å². The summed E-state index contributed by atoms with van der Waals surface area (Å²) in [5.74, 6) is -1.25. The molecule has 0 spiro atoms. The van der Waals surface area contributed by atoms with Gasteiger partial charge in [0.15, 0.2) is 5.78 Å². The summed E-state index contributed by atoms with van der Waals surface area (Å²) in [7, 11) is 0. The highest BCUT2D eigenvalue weighted by atomic mass is 16.4. The second kappa shape index (κ2) is 2.83. The number of aromatic carboxylic acids is 1. The van der Waals surface area contributed by atoms with E-state index in [9.17, 15) is 9.59 Å². The molecular weight excluding hydrogens is 182 g/mol. The minimum absolute atomic E-state index is 0.0370. The summed E-state index contributed by atoms with van der Waals surface area (Å²) in [5, 5.41) is 8.92. The molecule has 0 saturated heterocycles. The Morgan fingerprint density at radius 3 is 2.71 bits per heavy atom. The van der Waals surface area contributed by atoms with Crippen molar-refractivity contribution in [3.05, 3.63) is 28.8 Å². The van der Waals surface area contributed by atoms with Crippen molar-refractivity contribution in [1.29, 1.82) is 0 Å². The third kappa shape index (κ3) is 1.08. The molecule has 0 amide bonds. The molecule has 0 heterocycles. The van der Waals surface area contributed by atoms with Crippen molar-refractivity contribution >= 4 is 17.4 Å². The van der Waals surface area contributed by atoms with Gasteiger partial charge in [0.05, 0.1) is 5.56 Å². The van der Waals surface area contributed by atoms with Gasteiger partial charge in [-0.3, -0.25) is 4.79 Å². The number of carbonyl (C=O) groups is 2. The second-order valence-electron chi connectivity index (χ2n) is 3.29. The molecule has 0 fully saturated rings. The van der Waals surface area contributed by atoms with Gasteiger partial charge in [-0.25, -0.2) is 4.79 Å². The number of rotatable bonds is 1. The summed E-state index contributed by atoms with van der Waals surface area (Å²) in [4.78, 5) is 22.3. The predicted molar refractivity (Wildman–Crippen MR) is 50.5 cm³/mol. The van der Waals surface area contributed by atoms with Gasteiger partial charge < -0.3 is 10.8 Å². The highest BCUT2D eigenvalue weighted by Gasteiger charge is 2.27.